The Balaban J connectivity index is 2.28. The number of fused-ring (bicyclic) bond motifs is 1. The van der Waals surface area contributed by atoms with Crippen LogP contribution in [-0.4, -0.2) is 27.2 Å². The number of esters is 1. The zero-order valence-electron chi connectivity index (χ0n) is 15.3. The average Bonchev–Trinajstić information content (AvgIpc) is 2.68. The minimum Gasteiger partial charge on any atom is -0.505 e. The molecule has 0 fully saturated rings. The molecule has 6 nitrogen and oxygen atoms in total. The quantitative estimate of drug-likeness (QED) is 0.463. The van der Waals surface area contributed by atoms with Crippen LogP contribution in [-0.2, 0) is 17.7 Å². The maximum atomic E-state index is 12.9. The van der Waals surface area contributed by atoms with E-state index in [1.54, 1.807) is 19.2 Å². The molecule has 1 aromatic carbocycles. The summed E-state index contributed by atoms with van der Waals surface area (Å²) in [6, 6.07) is 9.82. The first kappa shape index (κ1) is 19.8. The molecule has 0 atom stereocenters. The molecule has 0 unspecified atom stereocenters. The van der Waals surface area contributed by atoms with Crippen LogP contribution in [0.4, 0.5) is 0 Å². The molecule has 0 radical (unpaired) electrons. The van der Waals surface area contributed by atoms with Crippen LogP contribution in [0.25, 0.3) is 11.0 Å². The van der Waals surface area contributed by atoms with Gasteiger partial charge in [-0.05, 0) is 34.0 Å². The van der Waals surface area contributed by atoms with Gasteiger partial charge in [-0.15, -0.1) is 6.58 Å². The summed E-state index contributed by atoms with van der Waals surface area (Å²) >= 11 is 3.56. The highest BCUT2D eigenvalue weighted by atomic mass is 79.9. The largest absolute Gasteiger partial charge is 0.505 e. The van der Waals surface area contributed by atoms with E-state index in [2.05, 4.69) is 27.5 Å². The summed E-state index contributed by atoms with van der Waals surface area (Å²) in [4.78, 5) is 29.5. The Morgan fingerprint density at radius 2 is 2.07 bits per heavy atom. The molecule has 0 saturated carbocycles. The normalized spacial score (nSPS) is 10.8. The highest BCUT2D eigenvalue weighted by Crippen LogP contribution is 2.33. The van der Waals surface area contributed by atoms with Crippen LogP contribution >= 0.6 is 15.9 Å². The van der Waals surface area contributed by atoms with Gasteiger partial charge >= 0.3 is 5.97 Å². The van der Waals surface area contributed by atoms with E-state index in [-0.39, 0.29) is 18.7 Å². The Morgan fingerprint density at radius 1 is 1.36 bits per heavy atom. The first-order chi connectivity index (χ1) is 13.5. The Labute approximate surface area is 170 Å². The minimum absolute atomic E-state index is 0.0876. The molecule has 0 spiro atoms. The zero-order chi connectivity index (χ0) is 20.3. The summed E-state index contributed by atoms with van der Waals surface area (Å²) in [6.07, 6.45) is 3.76. The summed E-state index contributed by atoms with van der Waals surface area (Å²) < 4.78 is 6.92. The number of benzene rings is 1. The van der Waals surface area contributed by atoms with Crippen molar-refractivity contribution in [1.29, 1.82) is 0 Å². The number of aromatic nitrogens is 2. The minimum atomic E-state index is -0.879. The Hall–Kier alpha value is -2.93. The maximum absolute atomic E-state index is 12.9. The molecular weight excluding hydrogens is 424 g/mol. The molecule has 2 aromatic heterocycles. The molecule has 0 aliphatic heterocycles. The topological polar surface area (TPSA) is 81.4 Å². The van der Waals surface area contributed by atoms with Crippen molar-refractivity contribution < 1.29 is 14.6 Å². The molecule has 1 N–H and O–H groups in total. The number of pyridine rings is 2. The first-order valence-electron chi connectivity index (χ1n) is 8.74. The fourth-order valence-corrected chi connectivity index (χ4v) is 3.67. The summed E-state index contributed by atoms with van der Waals surface area (Å²) in [7, 11) is 0. The molecule has 144 valence electrons. The number of carbonyl (C=O) groups excluding carboxylic acids is 1. The van der Waals surface area contributed by atoms with Crippen LogP contribution in [0.5, 0.6) is 5.75 Å². The van der Waals surface area contributed by atoms with Gasteiger partial charge in [0.2, 0.25) is 0 Å². The van der Waals surface area contributed by atoms with Gasteiger partial charge in [0.25, 0.3) is 5.56 Å². The molecule has 7 heteroatoms. The number of aromatic hydroxyl groups is 1. The molecule has 28 heavy (non-hydrogen) atoms. The molecule has 2 heterocycles. The third-order valence-electron chi connectivity index (χ3n) is 4.28. The van der Waals surface area contributed by atoms with Gasteiger partial charge < -0.3 is 14.4 Å². The highest BCUT2D eigenvalue weighted by molar-refractivity contribution is 9.10. The van der Waals surface area contributed by atoms with Crippen LogP contribution in [0.2, 0.25) is 0 Å². The van der Waals surface area contributed by atoms with E-state index >= 15 is 0 Å². The Kier molecular flexibility index (Phi) is 5.94. The van der Waals surface area contributed by atoms with Gasteiger partial charge in [-0.25, -0.2) is 4.79 Å². The van der Waals surface area contributed by atoms with E-state index in [0.29, 0.717) is 16.4 Å². The number of rotatable bonds is 6. The van der Waals surface area contributed by atoms with Gasteiger partial charge in [0, 0.05) is 23.6 Å². The lowest BCUT2D eigenvalue weighted by Gasteiger charge is -2.16. The lowest BCUT2D eigenvalue weighted by Crippen LogP contribution is -2.28. The molecule has 0 aliphatic rings. The SMILES string of the molecule is C=CCn1c(=O)c(C(=O)OCC)c(O)c2ncc(Cc3ccccc3)c(Br)c21. The predicted octanol–water partition coefficient (Wildman–Crippen LogP) is 3.82. The van der Waals surface area contributed by atoms with Crippen LogP contribution in [0.3, 0.4) is 0 Å². The van der Waals surface area contributed by atoms with Crippen LogP contribution in [0.1, 0.15) is 28.4 Å². The van der Waals surface area contributed by atoms with Crippen LogP contribution < -0.4 is 5.56 Å². The second-order valence-electron chi connectivity index (χ2n) is 6.11. The van der Waals surface area contributed by atoms with Gasteiger partial charge in [0.05, 0.1) is 12.1 Å². The standard InChI is InChI=1S/C21H19BrN2O4/c1-3-10-24-18-16(22)14(11-13-8-6-5-7-9-13)12-23-17(18)19(25)15(20(24)26)21(27)28-4-2/h3,5-9,12,25H,1,4,10-11H2,2H3. The second-order valence-corrected chi connectivity index (χ2v) is 6.90. The van der Waals surface area contributed by atoms with Crippen molar-refractivity contribution in [2.24, 2.45) is 0 Å². The number of ether oxygens (including phenoxy) is 1. The summed E-state index contributed by atoms with van der Waals surface area (Å²) in [6.45, 7) is 5.55. The molecule has 3 rings (SSSR count). The molecule has 0 bridgehead atoms. The van der Waals surface area contributed by atoms with Gasteiger partial charge in [-0.2, -0.15) is 0 Å². The lowest BCUT2D eigenvalue weighted by molar-refractivity contribution is 0.0520. The van der Waals surface area contributed by atoms with E-state index < -0.39 is 22.8 Å². The molecule has 3 aromatic rings. The van der Waals surface area contributed by atoms with E-state index in [9.17, 15) is 14.7 Å². The van der Waals surface area contributed by atoms with Gasteiger partial charge in [-0.1, -0.05) is 36.4 Å². The highest BCUT2D eigenvalue weighted by Gasteiger charge is 2.25. The van der Waals surface area contributed by atoms with E-state index in [1.165, 1.54) is 4.57 Å². The van der Waals surface area contributed by atoms with Crippen LogP contribution in [0.15, 0.2) is 58.5 Å². The fraction of sp³-hybridized carbons (Fsp3) is 0.190. The van der Waals surface area contributed by atoms with E-state index in [1.807, 2.05) is 30.3 Å². The number of allylic oxidation sites excluding steroid dienone is 1. The van der Waals surface area contributed by atoms with Crippen molar-refractivity contribution in [3.05, 3.63) is 80.7 Å². The number of nitrogens with zero attached hydrogens (tertiary/aromatic N) is 2. The summed E-state index contributed by atoms with van der Waals surface area (Å²) in [5.41, 5.74) is 1.40. The average molecular weight is 443 g/mol. The monoisotopic (exact) mass is 442 g/mol. The Bertz CT molecular complexity index is 1110. The van der Waals surface area contributed by atoms with Gasteiger partial charge in [0.1, 0.15) is 5.52 Å². The lowest BCUT2D eigenvalue weighted by atomic mass is 10.1. The predicted molar refractivity (Wildman–Crippen MR) is 111 cm³/mol. The molecular formula is C21H19BrN2O4. The number of halogens is 1. The van der Waals surface area contributed by atoms with Crippen molar-refractivity contribution in [2.45, 2.75) is 19.9 Å². The Morgan fingerprint density at radius 3 is 2.71 bits per heavy atom. The van der Waals surface area contributed by atoms with E-state index in [0.717, 1.165) is 11.1 Å². The van der Waals surface area contributed by atoms with Crippen molar-refractivity contribution in [3.63, 3.8) is 0 Å². The zero-order valence-corrected chi connectivity index (χ0v) is 16.9. The number of hydrogen-bond donors (Lipinski definition) is 1. The third-order valence-corrected chi connectivity index (χ3v) is 5.17. The van der Waals surface area contributed by atoms with Crippen LogP contribution in [0, 0.1) is 0 Å². The smallest absolute Gasteiger partial charge is 0.347 e. The van der Waals surface area contributed by atoms with Crippen molar-refractivity contribution in [2.75, 3.05) is 6.61 Å². The fourth-order valence-electron chi connectivity index (χ4n) is 3.02. The third kappa shape index (κ3) is 3.57. The van der Waals surface area contributed by atoms with Gasteiger partial charge in [0.15, 0.2) is 11.3 Å². The number of carbonyl (C=O) groups is 1. The summed E-state index contributed by atoms with van der Waals surface area (Å²) in [5.74, 6) is -1.36. The van der Waals surface area contributed by atoms with Crippen molar-refractivity contribution >= 4 is 32.9 Å². The summed E-state index contributed by atoms with van der Waals surface area (Å²) in [5, 5.41) is 10.6. The van der Waals surface area contributed by atoms with E-state index in [4.69, 9.17) is 4.74 Å². The molecule has 0 amide bonds. The number of hydrogen-bond acceptors (Lipinski definition) is 5. The molecule has 0 saturated heterocycles. The second kappa shape index (κ2) is 8.39. The van der Waals surface area contributed by atoms with Gasteiger partial charge in [-0.3, -0.25) is 9.78 Å². The molecule has 0 aliphatic carbocycles. The maximum Gasteiger partial charge on any atom is 0.347 e. The van der Waals surface area contributed by atoms with Crippen molar-refractivity contribution in [3.8, 4) is 5.75 Å². The first-order valence-corrected chi connectivity index (χ1v) is 9.53. The van der Waals surface area contributed by atoms with Crippen molar-refractivity contribution in [1.82, 2.24) is 9.55 Å².